The van der Waals surface area contributed by atoms with Crippen LogP contribution in [0.4, 0.5) is 0 Å². The Morgan fingerprint density at radius 3 is 1.90 bits per heavy atom. The number of imidazole rings is 1. The summed E-state index contributed by atoms with van der Waals surface area (Å²) in [7, 11) is 0. The molecule has 0 aliphatic carbocycles. The number of rotatable bonds is 6. The lowest BCUT2D eigenvalue weighted by molar-refractivity contribution is 0.446. The maximum absolute atomic E-state index is 12.6. The Bertz CT molecular complexity index is 3570. The molecule has 3 aromatic heterocycles. The zero-order valence-corrected chi connectivity index (χ0v) is 39.7. The van der Waals surface area contributed by atoms with Crippen molar-refractivity contribution in [2.24, 2.45) is 0 Å². The highest BCUT2D eigenvalue weighted by Gasteiger charge is 2.30. The molecule has 3 heterocycles. The third-order valence-corrected chi connectivity index (χ3v) is 13.1. The van der Waals surface area contributed by atoms with Gasteiger partial charge in [0.05, 0.1) is 39.6 Å². The first-order chi connectivity index (χ1) is 32.0. The molecule has 7 aromatic carbocycles. The number of phenolic OH excluding ortho intramolecular Hbond substituents is 1. The number of nitriles is 1. The summed E-state index contributed by atoms with van der Waals surface area (Å²) in [6.07, 6.45) is 1.80. The van der Waals surface area contributed by atoms with Crippen molar-refractivity contribution in [2.45, 2.75) is 78.6 Å². The lowest BCUT2D eigenvalue weighted by atomic mass is 9.79. The number of furan rings is 1. The second-order valence-corrected chi connectivity index (χ2v) is 20.8. The highest BCUT2D eigenvalue weighted by Crippen LogP contribution is 2.48. The molecule has 0 saturated heterocycles. The zero-order chi connectivity index (χ0) is 47.0. The van der Waals surface area contributed by atoms with E-state index in [0.29, 0.717) is 28.1 Å². The summed E-state index contributed by atoms with van der Waals surface area (Å²) in [6, 6.07) is 54.5. The first kappa shape index (κ1) is 43.2. The number of benzene rings is 7. The van der Waals surface area contributed by atoms with E-state index in [0.717, 1.165) is 83.3 Å². The van der Waals surface area contributed by atoms with Gasteiger partial charge in [0.1, 0.15) is 22.7 Å². The number of aromatic hydroxyl groups is 1. The fourth-order valence-corrected chi connectivity index (χ4v) is 9.41. The normalized spacial score (nSPS) is 12.3. The van der Waals surface area contributed by atoms with E-state index in [1.807, 2.05) is 60.7 Å². The Morgan fingerprint density at radius 1 is 0.552 bits per heavy atom. The lowest BCUT2D eigenvalue weighted by Gasteiger charge is -2.28. The van der Waals surface area contributed by atoms with E-state index in [1.165, 1.54) is 5.56 Å². The molecule has 1 N–H and O–H groups in total. The van der Waals surface area contributed by atoms with Crippen LogP contribution in [0.5, 0.6) is 5.75 Å². The Morgan fingerprint density at radius 2 is 1.24 bits per heavy atom. The topological polar surface area (TPSA) is 87.9 Å². The molecule has 0 spiro atoms. The molecule has 0 bridgehead atoms. The summed E-state index contributed by atoms with van der Waals surface area (Å²) >= 11 is 0. The van der Waals surface area contributed by atoms with Gasteiger partial charge >= 0.3 is 0 Å². The van der Waals surface area contributed by atoms with Crippen LogP contribution in [0.2, 0.25) is 0 Å². The van der Waals surface area contributed by atoms with E-state index < -0.39 is 0 Å². The van der Waals surface area contributed by atoms with Crippen LogP contribution in [-0.2, 0) is 16.2 Å². The van der Waals surface area contributed by atoms with Crippen molar-refractivity contribution in [3.05, 3.63) is 180 Å². The van der Waals surface area contributed by atoms with Gasteiger partial charge in [0.15, 0.2) is 0 Å². The van der Waals surface area contributed by atoms with Crippen LogP contribution in [0.25, 0.3) is 94.7 Å². The molecule has 0 aliphatic rings. The maximum Gasteiger partial charge on any atom is 0.149 e. The van der Waals surface area contributed by atoms with Crippen molar-refractivity contribution in [1.29, 1.82) is 5.26 Å². The quantitative estimate of drug-likeness (QED) is 0.180. The number of hydrogen-bond acceptors (Lipinski definition) is 5. The Hall–Kier alpha value is -7.75. The fourth-order valence-electron chi connectivity index (χ4n) is 9.41. The molecule has 6 heteroatoms. The van der Waals surface area contributed by atoms with Crippen LogP contribution >= 0.6 is 0 Å². The van der Waals surface area contributed by atoms with E-state index in [1.54, 1.807) is 6.20 Å². The van der Waals surface area contributed by atoms with Gasteiger partial charge in [0.2, 0.25) is 0 Å². The number of nitrogens with zero attached hydrogens (tertiary/aromatic N) is 4. The van der Waals surface area contributed by atoms with Gasteiger partial charge in [-0.3, -0.25) is 9.55 Å². The number of pyridine rings is 1. The molecule has 0 atom stereocenters. The van der Waals surface area contributed by atoms with Crippen molar-refractivity contribution >= 4 is 33.0 Å². The average Bonchev–Trinajstić information content (AvgIpc) is 3.89. The van der Waals surface area contributed by atoms with E-state index in [-0.39, 0.29) is 22.0 Å². The van der Waals surface area contributed by atoms with Gasteiger partial charge in [0.25, 0.3) is 0 Å². The monoisotopic (exact) mass is 874 g/mol. The first-order valence-corrected chi connectivity index (χ1v) is 23.0. The SMILES string of the molecule is CC(C)(C)c1ccc(-n2c(-c3cc(C(C)(C)C)cc(C(C)(C)C)c3O)nc3c(-c4cc(-c5ccccn5)c5oc6c(-c7ccccc7)c(C#N)ccc6c5c4)cccc32)c(-c2ccccc2)c1. The predicted molar refractivity (Wildman–Crippen MR) is 276 cm³/mol. The molecule has 10 rings (SSSR count). The fraction of sp³-hybridized carbons (Fsp3) is 0.197. The number of para-hydroxylation sites is 1. The molecule has 67 heavy (non-hydrogen) atoms. The highest BCUT2D eigenvalue weighted by atomic mass is 16.3. The number of hydrogen-bond donors (Lipinski definition) is 1. The minimum Gasteiger partial charge on any atom is -0.507 e. The predicted octanol–water partition coefficient (Wildman–Crippen LogP) is 16.1. The Balaban J connectivity index is 1.33. The van der Waals surface area contributed by atoms with E-state index in [4.69, 9.17) is 14.4 Å². The van der Waals surface area contributed by atoms with Gasteiger partial charge in [0, 0.05) is 44.8 Å². The lowest BCUT2D eigenvalue weighted by Crippen LogP contribution is -2.17. The van der Waals surface area contributed by atoms with E-state index in [9.17, 15) is 10.4 Å². The summed E-state index contributed by atoms with van der Waals surface area (Å²) in [5, 5.41) is 24.8. The molecule has 0 unspecified atom stereocenters. The summed E-state index contributed by atoms with van der Waals surface area (Å²) in [4.78, 5) is 10.5. The summed E-state index contributed by atoms with van der Waals surface area (Å²) < 4.78 is 9.18. The minimum atomic E-state index is -0.356. The van der Waals surface area contributed by atoms with Crippen LogP contribution in [0.1, 0.15) is 84.6 Å². The average molecular weight is 875 g/mol. The molecule has 330 valence electrons. The Kier molecular flexibility index (Phi) is 10.3. The molecule has 0 aliphatic heterocycles. The van der Waals surface area contributed by atoms with Crippen molar-refractivity contribution in [1.82, 2.24) is 14.5 Å². The van der Waals surface area contributed by atoms with Gasteiger partial charge < -0.3 is 9.52 Å². The third-order valence-electron chi connectivity index (χ3n) is 13.1. The van der Waals surface area contributed by atoms with Gasteiger partial charge in [-0.25, -0.2) is 4.98 Å². The molecule has 0 radical (unpaired) electrons. The van der Waals surface area contributed by atoms with Crippen molar-refractivity contribution in [3.63, 3.8) is 0 Å². The second-order valence-electron chi connectivity index (χ2n) is 20.8. The van der Waals surface area contributed by atoms with Gasteiger partial charge in [-0.1, -0.05) is 153 Å². The Labute approximate surface area is 392 Å². The van der Waals surface area contributed by atoms with Gasteiger partial charge in [-0.15, -0.1) is 0 Å². The van der Waals surface area contributed by atoms with Crippen LogP contribution in [0.15, 0.2) is 162 Å². The summed E-state index contributed by atoms with van der Waals surface area (Å²) in [6.45, 7) is 19.8. The molecular weight excluding hydrogens is 821 g/mol. The van der Waals surface area contributed by atoms with Crippen LogP contribution in [-0.4, -0.2) is 19.6 Å². The second kappa shape index (κ2) is 16.0. The molecule has 10 aromatic rings. The molecule has 0 saturated carbocycles. The van der Waals surface area contributed by atoms with Crippen molar-refractivity contribution in [3.8, 4) is 73.5 Å². The molecule has 0 amide bonds. The molecular formula is C61H54N4O2. The first-order valence-electron chi connectivity index (χ1n) is 23.0. The van der Waals surface area contributed by atoms with Gasteiger partial charge in [-0.05, 0) is 105 Å². The summed E-state index contributed by atoms with van der Waals surface area (Å²) in [5.74, 6) is 0.870. The van der Waals surface area contributed by atoms with Crippen molar-refractivity contribution in [2.75, 3.05) is 0 Å². The molecule has 0 fully saturated rings. The minimum absolute atomic E-state index is 0.102. The van der Waals surface area contributed by atoms with Crippen LogP contribution in [0, 0.1) is 11.3 Å². The largest absolute Gasteiger partial charge is 0.507 e. The van der Waals surface area contributed by atoms with E-state index in [2.05, 4.69) is 164 Å². The summed E-state index contributed by atoms with van der Waals surface area (Å²) in [5.41, 5.74) is 15.0. The maximum atomic E-state index is 12.6. The smallest absolute Gasteiger partial charge is 0.149 e. The van der Waals surface area contributed by atoms with Crippen LogP contribution in [0.3, 0.4) is 0 Å². The highest BCUT2D eigenvalue weighted by molar-refractivity contribution is 6.15. The van der Waals surface area contributed by atoms with Crippen molar-refractivity contribution < 1.29 is 9.52 Å². The number of fused-ring (bicyclic) bond motifs is 4. The van der Waals surface area contributed by atoms with Gasteiger partial charge in [-0.2, -0.15) is 5.26 Å². The number of phenols is 1. The zero-order valence-electron chi connectivity index (χ0n) is 39.7. The van der Waals surface area contributed by atoms with E-state index >= 15 is 0 Å². The standard InChI is InChI=1S/C61H54N4O2/c1-59(2,3)41-27-29-51(45(33-41)37-19-12-10-13-20-37)65-52-25-18-23-43(54(52)64-58(65)48-34-42(60(4,5)6)35-49(55(48)66)61(7,8)9)40-31-46-44-28-26-39(36-62)53(38-21-14-11-15-22-38)57(44)67-56(46)47(32-40)50-24-16-17-30-63-50/h10-35,66H,1-9H3. The van der Waals surface area contributed by atoms with Crippen LogP contribution < -0.4 is 0 Å². The number of aromatic nitrogens is 3. The molecule has 6 nitrogen and oxygen atoms in total. The third kappa shape index (κ3) is 7.55.